The van der Waals surface area contributed by atoms with Crippen LogP contribution in [0.15, 0.2) is 36.7 Å². The number of ketones is 1. The first-order chi connectivity index (χ1) is 15.5. The van der Waals surface area contributed by atoms with Gasteiger partial charge in [-0.2, -0.15) is 5.10 Å². The van der Waals surface area contributed by atoms with Crippen LogP contribution in [-0.2, 0) is 6.42 Å². The fraction of sp³-hybridized carbons (Fsp3) is 0.182. The molecule has 1 aliphatic carbocycles. The quantitative estimate of drug-likeness (QED) is 0.499. The smallest absolute Gasteiger partial charge is 0.188 e. The van der Waals surface area contributed by atoms with Crippen molar-refractivity contribution >= 4 is 28.3 Å². The maximum Gasteiger partial charge on any atom is 0.188 e. The summed E-state index contributed by atoms with van der Waals surface area (Å²) in [6.07, 6.45) is 1.55. The Balaban J connectivity index is 1.54. The van der Waals surface area contributed by atoms with Gasteiger partial charge < -0.3 is 15.8 Å². The predicted molar refractivity (Wildman–Crippen MR) is 113 cm³/mol. The molecule has 0 saturated heterocycles. The fourth-order valence-electron chi connectivity index (χ4n) is 4.41. The zero-order chi connectivity index (χ0) is 22.0. The molecule has 0 radical (unpaired) electrons. The van der Waals surface area contributed by atoms with Crippen molar-refractivity contribution in [3.05, 3.63) is 59.4 Å². The van der Waals surface area contributed by atoms with Crippen LogP contribution in [0.2, 0.25) is 0 Å². The lowest BCUT2D eigenvalue weighted by atomic mass is 10.1. The van der Waals surface area contributed by atoms with Crippen LogP contribution < -0.4 is 15.8 Å². The minimum Gasteiger partial charge on any atom is -0.486 e. The van der Waals surface area contributed by atoms with E-state index in [1.807, 2.05) is 0 Å². The molecule has 1 atom stereocenters. The molecule has 160 valence electrons. The van der Waals surface area contributed by atoms with Gasteiger partial charge in [0.25, 0.3) is 0 Å². The Morgan fingerprint density at radius 1 is 1.19 bits per heavy atom. The topological polar surface area (TPSA) is 108 Å². The number of rotatable bonds is 2. The monoisotopic (exact) mass is 434 g/mol. The van der Waals surface area contributed by atoms with Crippen LogP contribution in [0.4, 0.5) is 20.3 Å². The summed E-state index contributed by atoms with van der Waals surface area (Å²) in [5.41, 5.74) is 8.85. The van der Waals surface area contributed by atoms with E-state index in [1.54, 1.807) is 6.07 Å². The van der Waals surface area contributed by atoms with Crippen molar-refractivity contribution < 1.29 is 18.3 Å². The van der Waals surface area contributed by atoms with Gasteiger partial charge in [0.1, 0.15) is 36.3 Å². The Hall–Kier alpha value is -4.08. The van der Waals surface area contributed by atoms with E-state index in [4.69, 9.17) is 10.5 Å². The lowest BCUT2D eigenvalue weighted by Gasteiger charge is -2.20. The van der Waals surface area contributed by atoms with Crippen molar-refractivity contribution in [2.24, 2.45) is 0 Å². The molecule has 2 aliphatic rings. The Morgan fingerprint density at radius 3 is 2.94 bits per heavy atom. The second-order valence-electron chi connectivity index (χ2n) is 7.75. The molecule has 0 bridgehead atoms. The number of ether oxygens (including phenoxy) is 1. The van der Waals surface area contributed by atoms with Crippen LogP contribution in [0, 0.1) is 11.6 Å². The summed E-state index contributed by atoms with van der Waals surface area (Å²) in [5.74, 6) is -0.833. The number of nitrogens with one attached hydrogen (secondary N) is 1. The molecular weight excluding hydrogens is 418 g/mol. The maximum absolute atomic E-state index is 14.8. The number of nitrogens with zero attached hydrogens (tertiary/aromatic N) is 4. The molecular formula is C22H16F2N6O2. The molecule has 0 amide bonds. The van der Waals surface area contributed by atoms with Crippen LogP contribution >= 0.6 is 0 Å². The van der Waals surface area contributed by atoms with Gasteiger partial charge in [-0.1, -0.05) is 0 Å². The molecule has 0 spiro atoms. The van der Waals surface area contributed by atoms with Crippen LogP contribution in [0.5, 0.6) is 5.75 Å². The van der Waals surface area contributed by atoms with Gasteiger partial charge in [0.15, 0.2) is 23.0 Å². The van der Waals surface area contributed by atoms with Gasteiger partial charge in [-0.15, -0.1) is 0 Å². The van der Waals surface area contributed by atoms with E-state index in [1.165, 1.54) is 35.3 Å². The molecule has 4 aromatic rings. The number of hydrogen-bond donors (Lipinski definition) is 2. The Kier molecular flexibility index (Phi) is 3.91. The molecule has 10 heteroatoms. The Morgan fingerprint density at radius 2 is 2.06 bits per heavy atom. The number of hydrogen-bond acceptors (Lipinski definition) is 7. The summed E-state index contributed by atoms with van der Waals surface area (Å²) in [6, 6.07) is 6.40. The van der Waals surface area contributed by atoms with Crippen LogP contribution in [-0.4, -0.2) is 38.7 Å². The number of Topliss-reactive ketones (excluding diaryl/α,β-unsaturated/α-hetero) is 1. The van der Waals surface area contributed by atoms with E-state index in [9.17, 15) is 13.6 Å². The van der Waals surface area contributed by atoms with Crippen LogP contribution in [0.25, 0.3) is 22.3 Å². The number of benzene rings is 2. The van der Waals surface area contributed by atoms with Crippen molar-refractivity contribution in [3.8, 4) is 17.0 Å². The van der Waals surface area contributed by atoms with Crippen molar-refractivity contribution in [3.63, 3.8) is 0 Å². The molecule has 2 aromatic heterocycles. The van der Waals surface area contributed by atoms with Gasteiger partial charge >= 0.3 is 0 Å². The van der Waals surface area contributed by atoms with Gasteiger partial charge in [-0.3, -0.25) is 4.79 Å². The highest BCUT2D eigenvalue weighted by Crippen LogP contribution is 2.40. The average molecular weight is 434 g/mol. The van der Waals surface area contributed by atoms with Crippen molar-refractivity contribution in [1.29, 1.82) is 0 Å². The predicted octanol–water partition coefficient (Wildman–Crippen LogP) is 3.14. The molecule has 32 heavy (non-hydrogen) atoms. The third-order valence-corrected chi connectivity index (χ3v) is 5.84. The maximum atomic E-state index is 14.8. The highest BCUT2D eigenvalue weighted by molar-refractivity contribution is 6.05. The number of anilines is 2. The van der Waals surface area contributed by atoms with Gasteiger partial charge in [-0.25, -0.2) is 23.4 Å². The van der Waals surface area contributed by atoms with Gasteiger partial charge in [0.2, 0.25) is 0 Å². The number of aromatic nitrogens is 4. The first kappa shape index (κ1) is 18.7. The van der Waals surface area contributed by atoms with Crippen molar-refractivity contribution in [1.82, 2.24) is 19.7 Å². The van der Waals surface area contributed by atoms with Crippen molar-refractivity contribution in [2.75, 3.05) is 24.2 Å². The summed E-state index contributed by atoms with van der Waals surface area (Å²) >= 11 is 0. The number of nitrogens with two attached hydrogens (primary N) is 1. The normalized spacial score (nSPS) is 17.1. The standard InChI is InChI=1S/C22H16F2N6O2/c23-12-1-2-13-10(5-12)8-16(19(13)31)30-22-17(21(25)27-9-28-22)18(29-30)11-6-14(24)20-15(7-11)26-3-4-32-20/h1-2,5-7,9,16,26H,3-4,8H2,(H2,25,27,28). The van der Waals surface area contributed by atoms with Gasteiger partial charge in [-0.05, 0) is 35.9 Å². The minimum atomic E-state index is -0.721. The molecule has 1 unspecified atom stereocenters. The highest BCUT2D eigenvalue weighted by Gasteiger charge is 2.35. The Labute approximate surface area is 180 Å². The van der Waals surface area contributed by atoms with E-state index in [0.29, 0.717) is 52.3 Å². The number of carbonyl (C=O) groups is 1. The zero-order valence-corrected chi connectivity index (χ0v) is 16.6. The number of carbonyl (C=O) groups excluding carboxylic acids is 1. The first-order valence-corrected chi connectivity index (χ1v) is 10.0. The van der Waals surface area contributed by atoms with E-state index < -0.39 is 17.7 Å². The lowest BCUT2D eigenvalue weighted by molar-refractivity contribution is 0.0937. The molecule has 0 saturated carbocycles. The first-order valence-electron chi connectivity index (χ1n) is 10.0. The summed E-state index contributed by atoms with van der Waals surface area (Å²) in [4.78, 5) is 21.4. The molecule has 1 aliphatic heterocycles. The number of halogens is 2. The van der Waals surface area contributed by atoms with E-state index in [2.05, 4.69) is 20.4 Å². The van der Waals surface area contributed by atoms with E-state index in [0.717, 1.165) is 0 Å². The summed E-state index contributed by atoms with van der Waals surface area (Å²) in [6.45, 7) is 0.911. The third-order valence-electron chi connectivity index (χ3n) is 5.84. The van der Waals surface area contributed by atoms with Crippen LogP contribution in [0.1, 0.15) is 22.0 Å². The summed E-state index contributed by atoms with van der Waals surface area (Å²) in [7, 11) is 0. The second kappa shape index (κ2) is 6.71. The largest absolute Gasteiger partial charge is 0.486 e. The van der Waals surface area contributed by atoms with Crippen molar-refractivity contribution in [2.45, 2.75) is 12.5 Å². The average Bonchev–Trinajstić information content (AvgIpc) is 3.32. The number of nitrogen functional groups attached to an aromatic ring is 1. The minimum absolute atomic E-state index is 0.149. The van der Waals surface area contributed by atoms with Crippen LogP contribution in [0.3, 0.4) is 0 Å². The summed E-state index contributed by atoms with van der Waals surface area (Å²) < 4.78 is 35.3. The van der Waals surface area contributed by atoms with Gasteiger partial charge in [0, 0.05) is 24.1 Å². The molecule has 3 N–H and O–H groups in total. The SMILES string of the molecule is Nc1ncnc2c1c(-c1cc(F)c3c(c1)NCCO3)nn2C1Cc2cc(F)ccc2C1=O. The van der Waals surface area contributed by atoms with E-state index >= 15 is 0 Å². The zero-order valence-electron chi connectivity index (χ0n) is 16.6. The molecule has 3 heterocycles. The Bertz CT molecular complexity index is 1430. The molecule has 0 fully saturated rings. The van der Waals surface area contributed by atoms with Gasteiger partial charge in [0.05, 0.1) is 11.1 Å². The molecule has 8 nitrogen and oxygen atoms in total. The lowest BCUT2D eigenvalue weighted by Crippen LogP contribution is -2.19. The molecule has 6 rings (SSSR count). The number of fused-ring (bicyclic) bond motifs is 3. The fourth-order valence-corrected chi connectivity index (χ4v) is 4.41. The second-order valence-corrected chi connectivity index (χ2v) is 7.75. The highest BCUT2D eigenvalue weighted by atomic mass is 19.1. The molecule has 2 aromatic carbocycles. The summed E-state index contributed by atoms with van der Waals surface area (Å²) in [5, 5.41) is 8.16. The van der Waals surface area contributed by atoms with E-state index in [-0.39, 0.29) is 23.8 Å². The third kappa shape index (κ3) is 2.65.